The van der Waals surface area contributed by atoms with Gasteiger partial charge in [-0.05, 0) is 26.7 Å². The van der Waals surface area contributed by atoms with E-state index in [9.17, 15) is 5.11 Å². The quantitative estimate of drug-likeness (QED) is 0.697. The molecule has 0 unspecified atom stereocenters. The van der Waals surface area contributed by atoms with Gasteiger partial charge in [-0.3, -0.25) is 4.90 Å². The largest absolute Gasteiger partial charge is 0.392 e. The Balaban J connectivity index is 2.47. The summed E-state index contributed by atoms with van der Waals surface area (Å²) in [6, 6.07) is 1.21. The summed E-state index contributed by atoms with van der Waals surface area (Å²) in [4.78, 5) is 2.42. The molecule has 0 aromatic carbocycles. The van der Waals surface area contributed by atoms with Gasteiger partial charge in [0.05, 0.1) is 6.10 Å². The first-order valence-electron chi connectivity index (χ1n) is 5.09. The first-order valence-corrected chi connectivity index (χ1v) is 5.09. The predicted octanol–water partition coefficient (Wildman–Crippen LogP) is 1.63. The molecule has 2 heteroatoms. The van der Waals surface area contributed by atoms with E-state index in [1.165, 1.54) is 12.8 Å². The van der Waals surface area contributed by atoms with Crippen LogP contribution in [0.2, 0.25) is 0 Å². The number of hydrogen-bond acceptors (Lipinski definition) is 2. The van der Waals surface area contributed by atoms with Gasteiger partial charge in [0, 0.05) is 18.6 Å². The van der Waals surface area contributed by atoms with Crippen LogP contribution in [0.4, 0.5) is 0 Å². The molecule has 1 saturated heterocycles. The standard InChI is InChI=1S/C10H21NO/c1-4-5-9-6-10(12)7-11(9)8(2)3/h8-10,12H,4-7H2,1-3H3/t9-,10-/m0/s1. The zero-order valence-corrected chi connectivity index (χ0v) is 8.45. The van der Waals surface area contributed by atoms with Gasteiger partial charge in [-0.15, -0.1) is 0 Å². The molecule has 0 aromatic heterocycles. The number of rotatable bonds is 3. The number of likely N-dealkylation sites (tertiary alicyclic amines) is 1. The van der Waals surface area contributed by atoms with Gasteiger partial charge >= 0.3 is 0 Å². The van der Waals surface area contributed by atoms with E-state index in [0.29, 0.717) is 12.1 Å². The van der Waals surface area contributed by atoms with Gasteiger partial charge in [-0.1, -0.05) is 13.3 Å². The topological polar surface area (TPSA) is 23.5 Å². The number of aliphatic hydroxyl groups excluding tert-OH is 1. The smallest absolute Gasteiger partial charge is 0.0682 e. The van der Waals surface area contributed by atoms with E-state index < -0.39 is 0 Å². The van der Waals surface area contributed by atoms with Crippen molar-refractivity contribution in [3.8, 4) is 0 Å². The van der Waals surface area contributed by atoms with Crippen LogP contribution >= 0.6 is 0 Å². The molecule has 1 heterocycles. The average Bonchev–Trinajstić information content (AvgIpc) is 2.32. The van der Waals surface area contributed by atoms with Crippen molar-refractivity contribution in [2.24, 2.45) is 0 Å². The Labute approximate surface area is 75.6 Å². The van der Waals surface area contributed by atoms with Gasteiger partial charge in [0.1, 0.15) is 0 Å². The number of β-amino-alcohol motifs (C(OH)–C–C–N with tert-alkyl or cyclic N) is 1. The van der Waals surface area contributed by atoms with E-state index in [2.05, 4.69) is 25.7 Å². The van der Waals surface area contributed by atoms with Gasteiger partial charge in [-0.2, -0.15) is 0 Å². The average molecular weight is 171 g/mol. The monoisotopic (exact) mass is 171 g/mol. The summed E-state index contributed by atoms with van der Waals surface area (Å²) in [5.74, 6) is 0. The molecule has 72 valence electrons. The van der Waals surface area contributed by atoms with Gasteiger partial charge in [-0.25, -0.2) is 0 Å². The van der Waals surface area contributed by atoms with Crippen LogP contribution in [0.5, 0.6) is 0 Å². The van der Waals surface area contributed by atoms with E-state index in [1.54, 1.807) is 0 Å². The summed E-state index contributed by atoms with van der Waals surface area (Å²) >= 11 is 0. The molecule has 1 N–H and O–H groups in total. The summed E-state index contributed by atoms with van der Waals surface area (Å²) in [5, 5.41) is 9.50. The molecule has 0 aliphatic carbocycles. The highest BCUT2D eigenvalue weighted by molar-refractivity contribution is 4.86. The molecule has 1 aliphatic heterocycles. The van der Waals surface area contributed by atoms with Crippen LogP contribution in [0.3, 0.4) is 0 Å². The third-order valence-electron chi connectivity index (χ3n) is 2.72. The van der Waals surface area contributed by atoms with Crippen LogP contribution in [-0.2, 0) is 0 Å². The van der Waals surface area contributed by atoms with Crippen molar-refractivity contribution in [1.29, 1.82) is 0 Å². The zero-order chi connectivity index (χ0) is 9.14. The van der Waals surface area contributed by atoms with Gasteiger partial charge in [0.25, 0.3) is 0 Å². The molecule has 0 bridgehead atoms. The minimum atomic E-state index is -0.0797. The lowest BCUT2D eigenvalue weighted by Crippen LogP contribution is -2.35. The van der Waals surface area contributed by atoms with Crippen LogP contribution in [-0.4, -0.2) is 34.7 Å². The minimum Gasteiger partial charge on any atom is -0.392 e. The molecule has 0 radical (unpaired) electrons. The second kappa shape index (κ2) is 4.24. The fourth-order valence-electron chi connectivity index (χ4n) is 2.17. The maximum atomic E-state index is 9.50. The first kappa shape index (κ1) is 10.0. The molecule has 2 atom stereocenters. The summed E-state index contributed by atoms with van der Waals surface area (Å²) in [6.45, 7) is 7.51. The van der Waals surface area contributed by atoms with Crippen LogP contribution < -0.4 is 0 Å². The molecule has 1 rings (SSSR count). The van der Waals surface area contributed by atoms with Crippen molar-refractivity contribution in [3.63, 3.8) is 0 Å². The lowest BCUT2D eigenvalue weighted by Gasteiger charge is -2.27. The van der Waals surface area contributed by atoms with Crippen molar-refractivity contribution >= 4 is 0 Å². The number of aliphatic hydroxyl groups is 1. The van der Waals surface area contributed by atoms with Crippen molar-refractivity contribution < 1.29 is 5.11 Å². The maximum absolute atomic E-state index is 9.50. The second-order valence-electron chi connectivity index (χ2n) is 4.12. The third kappa shape index (κ3) is 2.20. The highest BCUT2D eigenvalue weighted by Gasteiger charge is 2.31. The van der Waals surface area contributed by atoms with Crippen LogP contribution in [0, 0.1) is 0 Å². The molecule has 0 amide bonds. The van der Waals surface area contributed by atoms with Crippen LogP contribution in [0.1, 0.15) is 40.0 Å². The Bertz CT molecular complexity index is 136. The molecule has 12 heavy (non-hydrogen) atoms. The van der Waals surface area contributed by atoms with Gasteiger partial charge in [0.2, 0.25) is 0 Å². The van der Waals surface area contributed by atoms with E-state index in [0.717, 1.165) is 13.0 Å². The second-order valence-corrected chi connectivity index (χ2v) is 4.12. The predicted molar refractivity (Wildman–Crippen MR) is 51.2 cm³/mol. The number of nitrogens with zero attached hydrogens (tertiary/aromatic N) is 1. The summed E-state index contributed by atoms with van der Waals surface area (Å²) in [6.07, 6.45) is 3.35. The van der Waals surface area contributed by atoms with E-state index in [1.807, 2.05) is 0 Å². The van der Waals surface area contributed by atoms with Crippen molar-refractivity contribution in [2.75, 3.05) is 6.54 Å². The van der Waals surface area contributed by atoms with Crippen LogP contribution in [0.25, 0.3) is 0 Å². The van der Waals surface area contributed by atoms with Crippen molar-refractivity contribution in [2.45, 2.75) is 58.2 Å². The highest BCUT2D eigenvalue weighted by Crippen LogP contribution is 2.23. The number of hydrogen-bond donors (Lipinski definition) is 1. The van der Waals surface area contributed by atoms with E-state index in [4.69, 9.17) is 0 Å². The first-order chi connectivity index (χ1) is 5.65. The highest BCUT2D eigenvalue weighted by atomic mass is 16.3. The summed E-state index contributed by atoms with van der Waals surface area (Å²) in [5.41, 5.74) is 0. The Morgan fingerprint density at radius 3 is 2.67 bits per heavy atom. The molecule has 1 aliphatic rings. The molecular weight excluding hydrogens is 150 g/mol. The van der Waals surface area contributed by atoms with Crippen LogP contribution in [0.15, 0.2) is 0 Å². The lowest BCUT2D eigenvalue weighted by molar-refractivity contribution is 0.157. The summed E-state index contributed by atoms with van der Waals surface area (Å²) < 4.78 is 0. The maximum Gasteiger partial charge on any atom is 0.0682 e. The Hall–Kier alpha value is -0.0800. The molecule has 0 saturated carbocycles. The fourth-order valence-corrected chi connectivity index (χ4v) is 2.17. The van der Waals surface area contributed by atoms with Crippen molar-refractivity contribution in [1.82, 2.24) is 4.90 Å². The Morgan fingerprint density at radius 2 is 2.17 bits per heavy atom. The van der Waals surface area contributed by atoms with E-state index in [-0.39, 0.29) is 6.10 Å². The van der Waals surface area contributed by atoms with Gasteiger partial charge < -0.3 is 5.11 Å². The molecule has 0 spiro atoms. The van der Waals surface area contributed by atoms with Gasteiger partial charge in [0.15, 0.2) is 0 Å². The molecule has 0 aromatic rings. The summed E-state index contributed by atoms with van der Waals surface area (Å²) in [7, 11) is 0. The fraction of sp³-hybridized carbons (Fsp3) is 1.00. The van der Waals surface area contributed by atoms with Crippen molar-refractivity contribution in [3.05, 3.63) is 0 Å². The normalized spacial score (nSPS) is 31.8. The SMILES string of the molecule is CCC[C@H]1C[C@H](O)CN1C(C)C. The molecule has 1 fully saturated rings. The Morgan fingerprint density at radius 1 is 1.50 bits per heavy atom. The Kier molecular flexibility index (Phi) is 3.53. The lowest BCUT2D eigenvalue weighted by atomic mass is 10.1. The third-order valence-corrected chi connectivity index (χ3v) is 2.72. The zero-order valence-electron chi connectivity index (χ0n) is 8.45. The molecule has 2 nitrogen and oxygen atoms in total. The molecular formula is C10H21NO. The minimum absolute atomic E-state index is 0.0797. The van der Waals surface area contributed by atoms with E-state index >= 15 is 0 Å².